The van der Waals surface area contributed by atoms with Crippen LogP contribution in [0.1, 0.15) is 27.2 Å². The fraction of sp³-hybridized carbons (Fsp3) is 0.500. The van der Waals surface area contributed by atoms with Gasteiger partial charge in [-0.1, -0.05) is 45.1 Å². The van der Waals surface area contributed by atoms with Crippen LogP contribution in [0.3, 0.4) is 0 Å². The van der Waals surface area contributed by atoms with Crippen molar-refractivity contribution in [1.29, 1.82) is 0 Å². The van der Waals surface area contributed by atoms with E-state index in [0.29, 0.717) is 12.0 Å². The third kappa shape index (κ3) is 1.83. The van der Waals surface area contributed by atoms with Gasteiger partial charge in [0.05, 0.1) is 6.04 Å². The van der Waals surface area contributed by atoms with E-state index in [0.717, 1.165) is 6.42 Å². The van der Waals surface area contributed by atoms with Gasteiger partial charge in [-0.15, -0.1) is 0 Å². The number of hydrogen-bond acceptors (Lipinski definition) is 1. The van der Waals surface area contributed by atoms with Crippen molar-refractivity contribution in [2.24, 2.45) is 16.3 Å². The molecule has 2 atom stereocenters. The monoisotopic (exact) mass is 201 g/mol. The molecule has 0 radical (unpaired) electrons. The molecule has 1 heteroatoms. The molecule has 2 unspecified atom stereocenters. The minimum Gasteiger partial charge on any atom is -0.284 e. The molecule has 0 amide bonds. The molecule has 0 aromatic carbocycles. The molecule has 0 N–H and O–H groups in total. The molecular weight excluding hydrogens is 182 g/mol. The zero-order valence-corrected chi connectivity index (χ0v) is 9.77. The van der Waals surface area contributed by atoms with Gasteiger partial charge in [0.25, 0.3) is 0 Å². The summed E-state index contributed by atoms with van der Waals surface area (Å²) in [5.41, 5.74) is 1.73. The lowest BCUT2D eigenvalue weighted by Crippen LogP contribution is -2.30. The Labute approximate surface area is 92.3 Å². The van der Waals surface area contributed by atoms with E-state index in [1.807, 2.05) is 12.3 Å². The van der Waals surface area contributed by atoms with Crippen molar-refractivity contribution in [3.63, 3.8) is 0 Å². The van der Waals surface area contributed by atoms with Crippen LogP contribution in [-0.2, 0) is 0 Å². The number of nitrogens with zero attached hydrogens (tertiary/aromatic N) is 1. The predicted octanol–water partition coefficient (Wildman–Crippen LogP) is 3.54. The van der Waals surface area contributed by atoms with Crippen LogP contribution in [-0.4, -0.2) is 12.3 Å². The van der Waals surface area contributed by atoms with E-state index in [1.54, 1.807) is 0 Å². The second-order valence-corrected chi connectivity index (χ2v) is 4.95. The zero-order valence-electron chi connectivity index (χ0n) is 9.77. The molecule has 0 spiro atoms. The van der Waals surface area contributed by atoms with Crippen molar-refractivity contribution in [2.75, 3.05) is 0 Å². The van der Waals surface area contributed by atoms with Crippen molar-refractivity contribution >= 4 is 6.21 Å². The molecule has 15 heavy (non-hydrogen) atoms. The Hall–Kier alpha value is -1.11. The van der Waals surface area contributed by atoms with Crippen molar-refractivity contribution < 1.29 is 0 Å². The molecule has 0 saturated heterocycles. The van der Waals surface area contributed by atoms with Gasteiger partial charge in [-0.2, -0.15) is 0 Å². The van der Waals surface area contributed by atoms with Gasteiger partial charge in [0.15, 0.2) is 0 Å². The van der Waals surface area contributed by atoms with Gasteiger partial charge in [0.2, 0.25) is 0 Å². The van der Waals surface area contributed by atoms with Crippen LogP contribution in [0.4, 0.5) is 0 Å². The lowest BCUT2D eigenvalue weighted by atomic mass is 9.72. The molecule has 2 rings (SSSR count). The molecule has 0 aromatic rings. The Morgan fingerprint density at radius 1 is 1.27 bits per heavy atom. The van der Waals surface area contributed by atoms with Crippen molar-refractivity contribution in [3.05, 3.63) is 36.0 Å². The Kier molecular flexibility index (Phi) is 2.64. The first-order chi connectivity index (χ1) is 7.15. The van der Waals surface area contributed by atoms with E-state index >= 15 is 0 Å². The Morgan fingerprint density at radius 2 is 2.00 bits per heavy atom. The lowest BCUT2D eigenvalue weighted by molar-refractivity contribution is 0.385. The summed E-state index contributed by atoms with van der Waals surface area (Å²) in [6.45, 7) is 6.86. The molecular formula is C14H19N. The molecule has 0 aromatic heterocycles. The summed E-state index contributed by atoms with van der Waals surface area (Å²) in [5, 5.41) is 0. The molecule has 2 aliphatic rings. The van der Waals surface area contributed by atoms with Gasteiger partial charge in [0.1, 0.15) is 0 Å². The van der Waals surface area contributed by atoms with Gasteiger partial charge in [0, 0.05) is 12.1 Å². The topological polar surface area (TPSA) is 12.4 Å². The van der Waals surface area contributed by atoms with E-state index in [-0.39, 0.29) is 5.41 Å². The van der Waals surface area contributed by atoms with Gasteiger partial charge >= 0.3 is 0 Å². The second kappa shape index (κ2) is 3.80. The van der Waals surface area contributed by atoms with Gasteiger partial charge in [-0.3, -0.25) is 4.99 Å². The van der Waals surface area contributed by atoms with Crippen LogP contribution in [0, 0.1) is 11.3 Å². The highest BCUT2D eigenvalue weighted by molar-refractivity contribution is 5.73. The number of allylic oxidation sites excluding steroid dienone is 3. The summed E-state index contributed by atoms with van der Waals surface area (Å²) in [6.07, 6.45) is 14.1. The first kappa shape index (κ1) is 10.4. The fourth-order valence-corrected chi connectivity index (χ4v) is 2.20. The van der Waals surface area contributed by atoms with Gasteiger partial charge < -0.3 is 0 Å². The standard InChI is InChI=1S/C14H19N/c1-4-14(2,3)12-9-5-7-11-8-6-10-15-13(11)12/h5-11,13H,4H2,1-3H3. The average molecular weight is 201 g/mol. The second-order valence-electron chi connectivity index (χ2n) is 4.95. The SMILES string of the molecule is CCC(C)(C)C1=CC=CC2C=CC=NC12. The molecule has 80 valence electrons. The Morgan fingerprint density at radius 3 is 2.73 bits per heavy atom. The lowest BCUT2D eigenvalue weighted by Gasteiger charge is -2.35. The minimum absolute atomic E-state index is 0.260. The predicted molar refractivity (Wildman–Crippen MR) is 66.2 cm³/mol. The smallest absolute Gasteiger partial charge is 0.0814 e. The van der Waals surface area contributed by atoms with Crippen LogP contribution in [0.2, 0.25) is 0 Å². The van der Waals surface area contributed by atoms with Crippen LogP contribution in [0.25, 0.3) is 0 Å². The normalized spacial score (nSPS) is 28.9. The quantitative estimate of drug-likeness (QED) is 0.648. The van der Waals surface area contributed by atoms with Crippen LogP contribution >= 0.6 is 0 Å². The minimum atomic E-state index is 0.260. The summed E-state index contributed by atoms with van der Waals surface area (Å²) in [6, 6.07) is 0.343. The summed E-state index contributed by atoms with van der Waals surface area (Å²) < 4.78 is 0. The van der Waals surface area contributed by atoms with Crippen molar-refractivity contribution in [2.45, 2.75) is 33.2 Å². The maximum absolute atomic E-state index is 4.62. The highest BCUT2D eigenvalue weighted by atomic mass is 14.8. The van der Waals surface area contributed by atoms with E-state index in [9.17, 15) is 0 Å². The summed E-state index contributed by atoms with van der Waals surface area (Å²) in [7, 11) is 0. The first-order valence-electron chi connectivity index (χ1n) is 5.74. The molecule has 1 heterocycles. The average Bonchev–Trinajstić information content (AvgIpc) is 2.28. The third-order valence-corrected chi connectivity index (χ3v) is 3.62. The zero-order chi connectivity index (χ0) is 10.9. The Bertz CT molecular complexity index is 356. The van der Waals surface area contributed by atoms with Gasteiger partial charge in [-0.05, 0) is 23.5 Å². The number of dihydropyridines is 1. The van der Waals surface area contributed by atoms with Crippen molar-refractivity contribution in [1.82, 2.24) is 0 Å². The van der Waals surface area contributed by atoms with E-state index < -0.39 is 0 Å². The Balaban J connectivity index is 2.33. The maximum Gasteiger partial charge on any atom is 0.0814 e. The summed E-state index contributed by atoms with van der Waals surface area (Å²) >= 11 is 0. The van der Waals surface area contributed by atoms with Gasteiger partial charge in [-0.25, -0.2) is 0 Å². The van der Waals surface area contributed by atoms with Crippen molar-refractivity contribution in [3.8, 4) is 0 Å². The first-order valence-corrected chi connectivity index (χ1v) is 5.74. The molecule has 0 bridgehead atoms. The van der Waals surface area contributed by atoms with E-state index in [2.05, 4.69) is 50.1 Å². The maximum atomic E-state index is 4.62. The molecule has 1 aliphatic carbocycles. The molecule has 0 fully saturated rings. The van der Waals surface area contributed by atoms with E-state index in [1.165, 1.54) is 5.57 Å². The highest BCUT2D eigenvalue weighted by Gasteiger charge is 2.32. The molecule has 0 saturated carbocycles. The number of aliphatic imine (C=N–C) groups is 1. The molecule has 1 nitrogen and oxygen atoms in total. The summed E-state index contributed by atoms with van der Waals surface area (Å²) in [4.78, 5) is 4.62. The van der Waals surface area contributed by atoms with Crippen LogP contribution in [0.15, 0.2) is 40.9 Å². The van der Waals surface area contributed by atoms with E-state index in [4.69, 9.17) is 0 Å². The number of rotatable bonds is 2. The number of fused-ring (bicyclic) bond motifs is 1. The highest BCUT2D eigenvalue weighted by Crippen LogP contribution is 2.39. The number of hydrogen-bond donors (Lipinski definition) is 0. The fourth-order valence-electron chi connectivity index (χ4n) is 2.20. The molecule has 1 aliphatic heterocycles. The van der Waals surface area contributed by atoms with Crippen LogP contribution in [0.5, 0.6) is 0 Å². The largest absolute Gasteiger partial charge is 0.284 e. The van der Waals surface area contributed by atoms with Crippen LogP contribution < -0.4 is 0 Å². The third-order valence-electron chi connectivity index (χ3n) is 3.62. The summed E-state index contributed by atoms with van der Waals surface area (Å²) in [5.74, 6) is 0.473.